The van der Waals surface area contributed by atoms with E-state index in [1.807, 2.05) is 42.5 Å². The highest BCUT2D eigenvalue weighted by molar-refractivity contribution is 5.55. The number of rotatable bonds is 7. The van der Waals surface area contributed by atoms with E-state index in [4.69, 9.17) is 4.74 Å². The second-order valence-electron chi connectivity index (χ2n) is 7.26. The summed E-state index contributed by atoms with van der Waals surface area (Å²) in [5.74, 6) is 2.19. The summed E-state index contributed by atoms with van der Waals surface area (Å²) in [6, 6.07) is 22.5. The Balaban J connectivity index is 1.49. The molecule has 0 saturated carbocycles. The first-order chi connectivity index (χ1) is 14.2. The number of tetrazole rings is 1. The first-order valence-corrected chi connectivity index (χ1v) is 9.67. The number of hydrogen-bond acceptors (Lipinski definition) is 5. The molecule has 0 spiro atoms. The molecule has 0 aliphatic rings. The zero-order chi connectivity index (χ0) is 20.1. The third kappa shape index (κ3) is 4.48. The fourth-order valence-corrected chi connectivity index (χ4v) is 3.50. The van der Waals surface area contributed by atoms with E-state index in [2.05, 4.69) is 63.7 Å². The van der Waals surface area contributed by atoms with Crippen LogP contribution < -0.4 is 4.74 Å². The van der Waals surface area contributed by atoms with Crippen LogP contribution in [0.15, 0.2) is 72.9 Å². The van der Waals surface area contributed by atoms with Gasteiger partial charge in [0.25, 0.3) is 0 Å². The average Bonchev–Trinajstić information content (AvgIpc) is 3.29. The summed E-state index contributed by atoms with van der Waals surface area (Å²) in [5, 5.41) is 14.2. The minimum Gasteiger partial charge on any atom is -0.487 e. The Bertz CT molecular complexity index is 1010. The van der Waals surface area contributed by atoms with Gasteiger partial charge in [0.05, 0.1) is 5.69 Å². The number of nitrogens with zero attached hydrogens (tertiary/aromatic N) is 4. The Morgan fingerprint density at radius 1 is 0.897 bits per heavy atom. The van der Waals surface area contributed by atoms with Crippen LogP contribution in [0, 0.1) is 5.92 Å². The van der Waals surface area contributed by atoms with Gasteiger partial charge in [-0.2, -0.15) is 5.21 Å². The second-order valence-corrected chi connectivity index (χ2v) is 7.26. The number of hydrogen-bond donors (Lipinski definition) is 1. The fourth-order valence-electron chi connectivity index (χ4n) is 3.50. The van der Waals surface area contributed by atoms with Crippen LogP contribution in [0.25, 0.3) is 11.4 Å². The molecule has 146 valence electrons. The standard InChI is InChI=1S/C23H23N5O/c1-16(2)22(17-6-8-19(9-7-17)23-25-27-28-26-23)18-10-12-21(13-11-18)29-15-20-5-3-4-14-24-20/h3-14,16,22H,15H2,1-2H3,(H,25,26,27,28). The van der Waals surface area contributed by atoms with Gasteiger partial charge in [-0.15, -0.1) is 10.2 Å². The quantitative estimate of drug-likeness (QED) is 0.502. The van der Waals surface area contributed by atoms with Crippen molar-refractivity contribution in [3.05, 3.63) is 89.7 Å². The third-order valence-electron chi connectivity index (χ3n) is 4.89. The molecule has 1 atom stereocenters. The van der Waals surface area contributed by atoms with Crippen molar-refractivity contribution in [2.75, 3.05) is 0 Å². The molecule has 4 rings (SSSR count). The highest BCUT2D eigenvalue weighted by Crippen LogP contribution is 2.33. The molecule has 4 aromatic rings. The lowest BCUT2D eigenvalue weighted by molar-refractivity contribution is 0.301. The molecule has 0 saturated heterocycles. The Labute approximate surface area is 170 Å². The summed E-state index contributed by atoms with van der Waals surface area (Å²) in [6.07, 6.45) is 1.78. The van der Waals surface area contributed by atoms with Crippen LogP contribution in [0.4, 0.5) is 0 Å². The summed E-state index contributed by atoms with van der Waals surface area (Å²) < 4.78 is 5.86. The smallest absolute Gasteiger partial charge is 0.204 e. The number of benzene rings is 2. The molecule has 2 heterocycles. The van der Waals surface area contributed by atoms with Crippen molar-refractivity contribution in [3.8, 4) is 17.1 Å². The van der Waals surface area contributed by atoms with Crippen molar-refractivity contribution < 1.29 is 4.74 Å². The lowest BCUT2D eigenvalue weighted by atomic mass is 9.82. The molecule has 0 amide bonds. The lowest BCUT2D eigenvalue weighted by Gasteiger charge is -2.22. The number of aromatic nitrogens is 5. The topological polar surface area (TPSA) is 76.6 Å². The third-order valence-corrected chi connectivity index (χ3v) is 4.89. The zero-order valence-electron chi connectivity index (χ0n) is 16.5. The molecule has 6 heteroatoms. The Morgan fingerprint density at radius 2 is 1.62 bits per heavy atom. The van der Waals surface area contributed by atoms with Crippen LogP contribution in [-0.4, -0.2) is 25.6 Å². The molecular weight excluding hydrogens is 362 g/mol. The van der Waals surface area contributed by atoms with Gasteiger partial charge in [0.2, 0.25) is 5.82 Å². The maximum atomic E-state index is 5.86. The Kier molecular flexibility index (Phi) is 5.61. The highest BCUT2D eigenvalue weighted by Gasteiger charge is 2.18. The Hall–Kier alpha value is -3.54. The predicted molar refractivity (Wildman–Crippen MR) is 111 cm³/mol. The molecule has 1 N–H and O–H groups in total. The van der Waals surface area contributed by atoms with Crippen LogP contribution >= 0.6 is 0 Å². The molecule has 1 unspecified atom stereocenters. The van der Waals surface area contributed by atoms with Gasteiger partial charge in [-0.1, -0.05) is 56.3 Å². The van der Waals surface area contributed by atoms with Crippen molar-refractivity contribution in [1.29, 1.82) is 0 Å². The van der Waals surface area contributed by atoms with Gasteiger partial charge < -0.3 is 4.74 Å². The molecule has 29 heavy (non-hydrogen) atoms. The summed E-state index contributed by atoms with van der Waals surface area (Å²) in [4.78, 5) is 4.29. The zero-order valence-corrected chi connectivity index (χ0v) is 16.5. The summed E-state index contributed by atoms with van der Waals surface area (Å²) >= 11 is 0. The van der Waals surface area contributed by atoms with Crippen LogP contribution in [0.1, 0.15) is 36.6 Å². The molecule has 2 aromatic heterocycles. The minimum atomic E-state index is 0.291. The molecule has 0 aliphatic heterocycles. The molecule has 0 bridgehead atoms. The number of pyridine rings is 1. The van der Waals surface area contributed by atoms with Crippen molar-refractivity contribution in [1.82, 2.24) is 25.6 Å². The number of H-pyrrole nitrogens is 1. The van der Waals surface area contributed by atoms with Gasteiger partial charge in [0, 0.05) is 17.7 Å². The van der Waals surface area contributed by atoms with Gasteiger partial charge in [0.1, 0.15) is 12.4 Å². The first kappa shape index (κ1) is 18.8. The van der Waals surface area contributed by atoms with Crippen LogP contribution in [-0.2, 0) is 6.61 Å². The maximum absolute atomic E-state index is 5.86. The molecule has 0 aliphatic carbocycles. The predicted octanol–water partition coefficient (Wildman–Crippen LogP) is 4.63. The van der Waals surface area contributed by atoms with Gasteiger partial charge in [-0.25, -0.2) is 0 Å². The molecule has 0 radical (unpaired) electrons. The van der Waals surface area contributed by atoms with Gasteiger partial charge in [0.15, 0.2) is 0 Å². The second kappa shape index (κ2) is 8.65. The number of nitrogens with one attached hydrogen (secondary N) is 1. The van der Waals surface area contributed by atoms with E-state index in [1.54, 1.807) is 6.20 Å². The van der Waals surface area contributed by atoms with E-state index in [9.17, 15) is 0 Å². The summed E-state index contributed by atoms with van der Waals surface area (Å²) in [7, 11) is 0. The van der Waals surface area contributed by atoms with Crippen LogP contribution in [0.2, 0.25) is 0 Å². The molecule has 2 aromatic carbocycles. The molecule has 6 nitrogen and oxygen atoms in total. The monoisotopic (exact) mass is 385 g/mol. The summed E-state index contributed by atoms with van der Waals surface area (Å²) in [5.41, 5.74) is 4.38. The van der Waals surface area contributed by atoms with Crippen molar-refractivity contribution in [3.63, 3.8) is 0 Å². The molecule has 0 fully saturated rings. The number of aromatic amines is 1. The van der Waals surface area contributed by atoms with Crippen molar-refractivity contribution >= 4 is 0 Å². The van der Waals surface area contributed by atoms with E-state index in [1.165, 1.54) is 11.1 Å². The largest absolute Gasteiger partial charge is 0.487 e. The van der Waals surface area contributed by atoms with Gasteiger partial charge >= 0.3 is 0 Å². The van der Waals surface area contributed by atoms with E-state index < -0.39 is 0 Å². The fraction of sp³-hybridized carbons (Fsp3) is 0.217. The van der Waals surface area contributed by atoms with E-state index in [0.717, 1.165) is 17.0 Å². The van der Waals surface area contributed by atoms with Crippen molar-refractivity contribution in [2.45, 2.75) is 26.4 Å². The minimum absolute atomic E-state index is 0.291. The SMILES string of the molecule is CC(C)C(c1ccc(OCc2ccccn2)cc1)c1ccc(-c2nn[nH]n2)cc1. The highest BCUT2D eigenvalue weighted by atomic mass is 16.5. The Morgan fingerprint density at radius 3 is 2.21 bits per heavy atom. The van der Waals surface area contributed by atoms with Crippen LogP contribution in [0.3, 0.4) is 0 Å². The van der Waals surface area contributed by atoms with Crippen molar-refractivity contribution in [2.24, 2.45) is 5.92 Å². The normalized spacial score (nSPS) is 12.1. The van der Waals surface area contributed by atoms with Crippen LogP contribution in [0.5, 0.6) is 5.75 Å². The summed E-state index contributed by atoms with van der Waals surface area (Å²) in [6.45, 7) is 4.94. The average molecular weight is 385 g/mol. The van der Waals surface area contributed by atoms with E-state index >= 15 is 0 Å². The lowest BCUT2D eigenvalue weighted by Crippen LogP contribution is -2.08. The van der Waals surface area contributed by atoms with Gasteiger partial charge in [-0.05, 0) is 46.5 Å². The maximum Gasteiger partial charge on any atom is 0.204 e. The van der Waals surface area contributed by atoms with Gasteiger partial charge in [-0.3, -0.25) is 4.98 Å². The number of ether oxygens (including phenoxy) is 1. The van der Waals surface area contributed by atoms with E-state index in [-0.39, 0.29) is 0 Å². The first-order valence-electron chi connectivity index (χ1n) is 9.67. The molecular formula is C23H23N5O. The van der Waals surface area contributed by atoms with E-state index in [0.29, 0.717) is 24.3 Å².